The van der Waals surface area contributed by atoms with E-state index in [1.807, 2.05) is 6.07 Å². The molecule has 7 heteroatoms. The SMILES string of the molecule is CC(C)C(NC(=O)Nc1ccc(C#N)c(Cl)c1)C(=O)O. The van der Waals surface area contributed by atoms with Crippen LogP contribution in [0.15, 0.2) is 18.2 Å². The number of nitrogens with zero attached hydrogens (tertiary/aromatic N) is 1. The Morgan fingerprint density at radius 3 is 2.50 bits per heavy atom. The van der Waals surface area contributed by atoms with Crippen molar-refractivity contribution in [3.8, 4) is 6.07 Å². The van der Waals surface area contributed by atoms with Crippen molar-refractivity contribution in [3.05, 3.63) is 28.8 Å². The molecule has 0 aliphatic carbocycles. The highest BCUT2D eigenvalue weighted by atomic mass is 35.5. The highest BCUT2D eigenvalue weighted by Gasteiger charge is 2.23. The predicted molar refractivity (Wildman–Crippen MR) is 74.6 cm³/mol. The van der Waals surface area contributed by atoms with E-state index in [1.54, 1.807) is 13.8 Å². The number of urea groups is 1. The van der Waals surface area contributed by atoms with Crippen LogP contribution in [0, 0.1) is 17.2 Å². The summed E-state index contributed by atoms with van der Waals surface area (Å²) in [6, 6.07) is 4.67. The van der Waals surface area contributed by atoms with Gasteiger partial charge in [0.25, 0.3) is 0 Å². The summed E-state index contributed by atoms with van der Waals surface area (Å²) >= 11 is 5.83. The van der Waals surface area contributed by atoms with Gasteiger partial charge in [-0.1, -0.05) is 25.4 Å². The summed E-state index contributed by atoms with van der Waals surface area (Å²) in [6.45, 7) is 3.38. The molecule has 0 heterocycles. The molecule has 0 radical (unpaired) electrons. The van der Waals surface area contributed by atoms with Crippen molar-refractivity contribution >= 4 is 29.3 Å². The molecule has 0 spiro atoms. The van der Waals surface area contributed by atoms with Crippen LogP contribution < -0.4 is 10.6 Å². The number of carbonyl (C=O) groups is 2. The zero-order chi connectivity index (χ0) is 15.3. The lowest BCUT2D eigenvalue weighted by atomic mass is 10.1. The number of nitriles is 1. The van der Waals surface area contributed by atoms with Crippen LogP contribution in [0.4, 0.5) is 10.5 Å². The van der Waals surface area contributed by atoms with Crippen LogP contribution in [-0.4, -0.2) is 23.1 Å². The first-order chi connectivity index (χ1) is 9.35. The lowest BCUT2D eigenvalue weighted by Crippen LogP contribution is -2.46. The smallest absolute Gasteiger partial charge is 0.326 e. The Kier molecular flexibility index (Phi) is 5.35. The van der Waals surface area contributed by atoms with E-state index in [4.69, 9.17) is 22.0 Å². The van der Waals surface area contributed by atoms with E-state index in [0.717, 1.165) is 0 Å². The van der Waals surface area contributed by atoms with E-state index in [2.05, 4.69) is 10.6 Å². The summed E-state index contributed by atoms with van der Waals surface area (Å²) in [5.41, 5.74) is 0.669. The molecule has 0 aliphatic rings. The molecular formula is C13H14ClN3O3. The van der Waals surface area contributed by atoms with Crippen LogP contribution in [0.1, 0.15) is 19.4 Å². The van der Waals surface area contributed by atoms with E-state index in [1.165, 1.54) is 18.2 Å². The minimum Gasteiger partial charge on any atom is -0.480 e. The van der Waals surface area contributed by atoms with Gasteiger partial charge in [-0.25, -0.2) is 9.59 Å². The Morgan fingerprint density at radius 2 is 2.05 bits per heavy atom. The van der Waals surface area contributed by atoms with E-state index in [0.29, 0.717) is 11.3 Å². The monoisotopic (exact) mass is 295 g/mol. The fraction of sp³-hybridized carbons (Fsp3) is 0.308. The minimum absolute atomic E-state index is 0.212. The number of amides is 2. The average molecular weight is 296 g/mol. The molecule has 1 aromatic rings. The van der Waals surface area contributed by atoms with Crippen LogP contribution in [0.2, 0.25) is 5.02 Å². The molecule has 0 saturated heterocycles. The van der Waals surface area contributed by atoms with Gasteiger partial charge in [0.2, 0.25) is 0 Å². The number of nitrogens with one attached hydrogen (secondary N) is 2. The van der Waals surface area contributed by atoms with E-state index < -0.39 is 18.0 Å². The molecule has 1 rings (SSSR count). The first-order valence-corrected chi connectivity index (χ1v) is 6.23. The van der Waals surface area contributed by atoms with Crippen LogP contribution in [0.25, 0.3) is 0 Å². The molecule has 0 saturated carbocycles. The second kappa shape index (κ2) is 6.78. The Morgan fingerprint density at radius 1 is 1.40 bits per heavy atom. The third kappa shape index (κ3) is 4.14. The van der Waals surface area contributed by atoms with Gasteiger partial charge in [-0.2, -0.15) is 5.26 Å². The quantitative estimate of drug-likeness (QED) is 0.794. The number of aliphatic carboxylic acids is 1. The zero-order valence-electron chi connectivity index (χ0n) is 11.0. The van der Waals surface area contributed by atoms with Crippen molar-refractivity contribution in [2.24, 2.45) is 5.92 Å². The maximum atomic E-state index is 11.7. The van der Waals surface area contributed by atoms with Crippen LogP contribution in [0.3, 0.4) is 0 Å². The fourth-order valence-electron chi connectivity index (χ4n) is 1.51. The molecule has 1 unspecified atom stereocenters. The van der Waals surface area contributed by atoms with Crippen LogP contribution in [0.5, 0.6) is 0 Å². The lowest BCUT2D eigenvalue weighted by molar-refractivity contribution is -0.140. The van der Waals surface area contributed by atoms with Crippen LogP contribution in [-0.2, 0) is 4.79 Å². The number of carboxylic acid groups (broad SMARTS) is 1. The average Bonchev–Trinajstić information content (AvgIpc) is 2.35. The number of rotatable bonds is 4. The summed E-state index contributed by atoms with van der Waals surface area (Å²) in [4.78, 5) is 22.7. The number of carbonyl (C=O) groups excluding carboxylic acids is 1. The van der Waals surface area contributed by atoms with E-state index in [9.17, 15) is 9.59 Å². The van der Waals surface area contributed by atoms with Crippen molar-refractivity contribution in [1.82, 2.24) is 5.32 Å². The van der Waals surface area contributed by atoms with Gasteiger partial charge in [0.05, 0.1) is 10.6 Å². The molecule has 0 aliphatic heterocycles. The largest absolute Gasteiger partial charge is 0.480 e. The Hall–Kier alpha value is -2.26. The van der Waals surface area contributed by atoms with Gasteiger partial charge >= 0.3 is 12.0 Å². The van der Waals surface area contributed by atoms with E-state index >= 15 is 0 Å². The second-order valence-electron chi connectivity index (χ2n) is 4.46. The molecule has 20 heavy (non-hydrogen) atoms. The van der Waals surface area contributed by atoms with Gasteiger partial charge in [0.15, 0.2) is 0 Å². The normalized spacial score (nSPS) is 11.6. The topological polar surface area (TPSA) is 102 Å². The molecule has 0 bridgehead atoms. The standard InChI is InChI=1S/C13H14ClN3O3/c1-7(2)11(12(18)19)17-13(20)16-9-4-3-8(6-15)10(14)5-9/h3-5,7,11H,1-2H3,(H,18,19)(H2,16,17,20). The van der Waals surface area contributed by atoms with Crippen LogP contribution >= 0.6 is 11.6 Å². The van der Waals surface area contributed by atoms with Crippen molar-refractivity contribution in [1.29, 1.82) is 5.26 Å². The van der Waals surface area contributed by atoms with Crippen molar-refractivity contribution in [3.63, 3.8) is 0 Å². The zero-order valence-corrected chi connectivity index (χ0v) is 11.7. The summed E-state index contributed by atoms with van der Waals surface area (Å²) < 4.78 is 0. The number of anilines is 1. The third-order valence-corrected chi connectivity index (χ3v) is 2.88. The summed E-state index contributed by atoms with van der Waals surface area (Å²) in [5.74, 6) is -1.35. The van der Waals surface area contributed by atoms with Gasteiger partial charge < -0.3 is 15.7 Å². The molecule has 3 N–H and O–H groups in total. The number of carboxylic acids is 1. The summed E-state index contributed by atoms with van der Waals surface area (Å²) in [7, 11) is 0. The Bertz CT molecular complexity index is 566. The van der Waals surface area contributed by atoms with Gasteiger partial charge in [0.1, 0.15) is 12.1 Å². The third-order valence-electron chi connectivity index (χ3n) is 2.57. The summed E-state index contributed by atoms with van der Waals surface area (Å²) in [5, 5.41) is 22.7. The number of hydrogen-bond donors (Lipinski definition) is 3. The molecule has 106 valence electrons. The lowest BCUT2D eigenvalue weighted by Gasteiger charge is -2.18. The molecule has 0 aromatic heterocycles. The molecule has 0 fully saturated rings. The molecular weight excluding hydrogens is 282 g/mol. The minimum atomic E-state index is -1.10. The maximum absolute atomic E-state index is 11.7. The predicted octanol–water partition coefficient (Wildman–Crippen LogP) is 2.44. The number of benzene rings is 1. The van der Waals surface area contributed by atoms with Gasteiger partial charge in [-0.05, 0) is 24.1 Å². The van der Waals surface area contributed by atoms with Crippen molar-refractivity contribution < 1.29 is 14.7 Å². The van der Waals surface area contributed by atoms with E-state index in [-0.39, 0.29) is 10.9 Å². The Labute approximate surface area is 121 Å². The second-order valence-corrected chi connectivity index (χ2v) is 4.87. The van der Waals surface area contributed by atoms with Crippen molar-refractivity contribution in [2.45, 2.75) is 19.9 Å². The number of halogens is 1. The highest BCUT2D eigenvalue weighted by molar-refractivity contribution is 6.32. The maximum Gasteiger partial charge on any atom is 0.326 e. The first kappa shape index (κ1) is 15.8. The molecule has 1 aromatic carbocycles. The fourth-order valence-corrected chi connectivity index (χ4v) is 1.73. The van der Waals surface area contributed by atoms with Crippen molar-refractivity contribution in [2.75, 3.05) is 5.32 Å². The van der Waals surface area contributed by atoms with Gasteiger partial charge in [-0.3, -0.25) is 0 Å². The van der Waals surface area contributed by atoms with Gasteiger partial charge in [-0.15, -0.1) is 0 Å². The van der Waals surface area contributed by atoms with Gasteiger partial charge in [0, 0.05) is 5.69 Å². The molecule has 1 atom stereocenters. The Balaban J connectivity index is 2.74. The molecule has 2 amide bonds. The highest BCUT2D eigenvalue weighted by Crippen LogP contribution is 2.20. The summed E-state index contributed by atoms with van der Waals surface area (Å²) in [6.07, 6.45) is 0. The number of hydrogen-bond acceptors (Lipinski definition) is 3. The molecule has 6 nitrogen and oxygen atoms in total. The first-order valence-electron chi connectivity index (χ1n) is 5.85.